The summed E-state index contributed by atoms with van der Waals surface area (Å²) in [5.41, 5.74) is 7.09. The van der Waals surface area contributed by atoms with Crippen LogP contribution in [0.5, 0.6) is 0 Å². The van der Waals surface area contributed by atoms with Crippen LogP contribution in [0.15, 0.2) is 255 Å². The van der Waals surface area contributed by atoms with Crippen molar-refractivity contribution >= 4 is 92.5 Å². The monoisotopic (exact) mass is 1050 g/mol. The van der Waals surface area contributed by atoms with Gasteiger partial charge in [0.05, 0.1) is 0 Å². The Labute approximate surface area is 438 Å². The number of rotatable bonds is 21. The molecule has 0 aliphatic heterocycles. The van der Waals surface area contributed by atoms with E-state index in [2.05, 4.69) is 255 Å². The Bertz CT molecular complexity index is 2810. The summed E-state index contributed by atoms with van der Waals surface area (Å²) >= 11 is 19.7. The zero-order valence-corrected chi connectivity index (χ0v) is 46.1. The minimum Gasteiger partial charge on any atom is -0.323 e. The Kier molecular flexibility index (Phi) is 17.1. The van der Waals surface area contributed by atoms with Crippen molar-refractivity contribution in [3.8, 4) is 0 Å². The second-order valence-electron chi connectivity index (χ2n) is 18.6. The highest BCUT2D eigenvalue weighted by atomic mass is 32.4. The minimum absolute atomic E-state index is 0.525. The molecular formula is C63H60OP4S3. The summed E-state index contributed by atoms with van der Waals surface area (Å²) < 4.78 is 15.7. The van der Waals surface area contributed by atoms with Crippen LogP contribution in [-0.2, 0) is 77.7 Å². The number of hydrogen-bond donors (Lipinski definition) is 0. The lowest BCUT2D eigenvalue weighted by Gasteiger charge is -2.24. The molecule has 0 aromatic heterocycles. The van der Waals surface area contributed by atoms with E-state index in [0.717, 1.165) is 54.4 Å². The second kappa shape index (κ2) is 23.8. The molecule has 0 bridgehead atoms. The van der Waals surface area contributed by atoms with E-state index in [1.165, 1.54) is 48.5 Å². The third-order valence-corrected chi connectivity index (χ3v) is 31.3. The van der Waals surface area contributed by atoms with Crippen LogP contribution < -0.4 is 31.8 Å². The predicted molar refractivity (Wildman–Crippen MR) is 323 cm³/mol. The van der Waals surface area contributed by atoms with E-state index in [0.29, 0.717) is 18.5 Å². The molecule has 356 valence electrons. The fourth-order valence-electron chi connectivity index (χ4n) is 9.69. The van der Waals surface area contributed by atoms with E-state index in [1.54, 1.807) is 0 Å². The van der Waals surface area contributed by atoms with Crippen LogP contribution in [0.1, 0.15) is 33.4 Å². The molecule has 0 aliphatic rings. The number of aryl methyl sites for hydroxylation is 3. The molecule has 0 N–H and O–H groups in total. The van der Waals surface area contributed by atoms with E-state index >= 15 is 4.57 Å². The first-order valence-electron chi connectivity index (χ1n) is 24.5. The van der Waals surface area contributed by atoms with Gasteiger partial charge in [0, 0.05) is 36.6 Å². The van der Waals surface area contributed by atoms with E-state index in [-0.39, 0.29) is 0 Å². The largest absolute Gasteiger partial charge is 0.323 e. The quantitative estimate of drug-likeness (QED) is 0.0667. The molecule has 0 amide bonds. The van der Waals surface area contributed by atoms with Crippen molar-refractivity contribution in [3.63, 3.8) is 0 Å². The average Bonchev–Trinajstić information content (AvgIpc) is 3.43. The standard InChI is InChI=1S/C63H60OP4S3/c64-65(49-55-37-31-52(32-38-55)43-46-66(69,58-19-7-1-8-20-58)59-21-9-2-10-22-59,50-56-39-33-53(34-40-56)44-47-67(70,60-23-11-3-12-24-60)61-25-13-4-14-26-61)51-57-41-35-54(36-42-57)45-48-68(71,62-27-15-5-16-28-62)63-29-17-6-18-30-63/h1-42H,43-51H2. The molecule has 8 heteroatoms. The molecule has 0 spiro atoms. The number of benzene rings is 9. The SMILES string of the molecule is O=P(Cc1ccc(CCP(=S)(c2ccccc2)c2ccccc2)cc1)(Cc1ccc(CCP(=S)(c2ccccc2)c2ccccc2)cc1)Cc1ccc(CCP(=S)(c2ccccc2)c2ccccc2)cc1. The van der Waals surface area contributed by atoms with Gasteiger partial charge in [-0.05, 0) is 103 Å². The molecule has 0 fully saturated rings. The molecule has 0 radical (unpaired) electrons. The van der Waals surface area contributed by atoms with Gasteiger partial charge >= 0.3 is 0 Å². The topological polar surface area (TPSA) is 17.1 Å². The maximum atomic E-state index is 15.7. The molecule has 1 nitrogen and oxygen atoms in total. The van der Waals surface area contributed by atoms with Gasteiger partial charge in [-0.3, -0.25) is 0 Å². The van der Waals surface area contributed by atoms with Crippen LogP contribution >= 0.6 is 25.3 Å². The van der Waals surface area contributed by atoms with Crippen molar-refractivity contribution < 1.29 is 4.57 Å². The highest BCUT2D eigenvalue weighted by Gasteiger charge is 2.27. The lowest BCUT2D eigenvalue weighted by atomic mass is 10.1. The van der Waals surface area contributed by atoms with Gasteiger partial charge in [-0.1, -0.05) is 290 Å². The Hall–Kier alpha value is -4.84. The van der Waals surface area contributed by atoms with Crippen molar-refractivity contribution in [2.24, 2.45) is 0 Å². The van der Waals surface area contributed by atoms with E-state index in [4.69, 9.17) is 35.4 Å². The summed E-state index contributed by atoms with van der Waals surface area (Å²) in [6, 6.07) is 84.6. The molecular weight excluding hydrogens is 993 g/mol. The maximum Gasteiger partial charge on any atom is 0.100 e. The van der Waals surface area contributed by atoms with Gasteiger partial charge in [0.25, 0.3) is 0 Å². The summed E-state index contributed by atoms with van der Waals surface area (Å²) in [5, 5.41) is 7.52. The average molecular weight is 1050 g/mol. The molecule has 71 heavy (non-hydrogen) atoms. The van der Waals surface area contributed by atoms with Gasteiger partial charge in [-0.2, -0.15) is 0 Å². The Morgan fingerprint density at radius 1 is 0.239 bits per heavy atom. The third kappa shape index (κ3) is 12.9. The lowest BCUT2D eigenvalue weighted by molar-refractivity contribution is 0.572. The van der Waals surface area contributed by atoms with Gasteiger partial charge in [0.1, 0.15) is 7.14 Å². The molecule has 9 aromatic carbocycles. The summed E-state index contributed by atoms with van der Waals surface area (Å²) in [4.78, 5) is 0. The van der Waals surface area contributed by atoms with Crippen molar-refractivity contribution in [2.75, 3.05) is 18.5 Å². The maximum absolute atomic E-state index is 15.7. The Morgan fingerprint density at radius 2 is 0.408 bits per heavy atom. The molecule has 0 aliphatic carbocycles. The zero-order valence-electron chi connectivity index (χ0n) is 40.0. The third-order valence-electron chi connectivity index (χ3n) is 13.7. The zero-order chi connectivity index (χ0) is 49.0. The van der Waals surface area contributed by atoms with Crippen LogP contribution in [0.25, 0.3) is 0 Å². The van der Waals surface area contributed by atoms with Crippen molar-refractivity contribution in [1.29, 1.82) is 0 Å². The van der Waals surface area contributed by atoms with Gasteiger partial charge in [0.15, 0.2) is 0 Å². The van der Waals surface area contributed by atoms with Crippen LogP contribution in [-0.4, -0.2) is 18.5 Å². The van der Waals surface area contributed by atoms with E-state index in [9.17, 15) is 0 Å². The fraction of sp³-hybridized carbons (Fsp3) is 0.143. The van der Waals surface area contributed by atoms with Crippen molar-refractivity contribution in [1.82, 2.24) is 0 Å². The van der Waals surface area contributed by atoms with E-state index < -0.39 is 25.3 Å². The molecule has 0 unspecified atom stereocenters. The normalized spacial score (nSPS) is 12.1. The van der Waals surface area contributed by atoms with Crippen LogP contribution in [0.3, 0.4) is 0 Å². The predicted octanol–water partition coefficient (Wildman–Crippen LogP) is 14.0. The van der Waals surface area contributed by atoms with Crippen LogP contribution in [0.4, 0.5) is 0 Å². The highest BCUT2D eigenvalue weighted by molar-refractivity contribution is 8.22. The smallest absolute Gasteiger partial charge is 0.100 e. The molecule has 0 heterocycles. The molecule has 9 rings (SSSR count). The van der Waals surface area contributed by atoms with Gasteiger partial charge < -0.3 is 4.57 Å². The Morgan fingerprint density at radius 3 is 0.592 bits per heavy atom. The lowest BCUT2D eigenvalue weighted by Crippen LogP contribution is -2.19. The van der Waals surface area contributed by atoms with Crippen LogP contribution in [0, 0.1) is 0 Å². The van der Waals surface area contributed by atoms with Gasteiger partial charge in [-0.15, -0.1) is 0 Å². The molecule has 0 saturated carbocycles. The summed E-state index contributed by atoms with van der Waals surface area (Å²) in [6.45, 7) is 0. The first-order chi connectivity index (χ1) is 34.6. The first-order valence-corrected chi connectivity index (χ1v) is 35.7. The second-order valence-corrected chi connectivity index (χ2v) is 36.2. The Balaban J connectivity index is 0.934. The molecule has 9 aromatic rings. The van der Waals surface area contributed by atoms with Crippen molar-refractivity contribution in [3.05, 3.63) is 288 Å². The minimum atomic E-state index is -2.83. The van der Waals surface area contributed by atoms with Crippen molar-refractivity contribution in [2.45, 2.75) is 37.7 Å². The molecule has 0 saturated heterocycles. The van der Waals surface area contributed by atoms with Gasteiger partial charge in [0.2, 0.25) is 0 Å². The van der Waals surface area contributed by atoms with Gasteiger partial charge in [-0.25, -0.2) is 0 Å². The first kappa shape index (κ1) is 51.1. The highest BCUT2D eigenvalue weighted by Crippen LogP contribution is 2.55. The van der Waals surface area contributed by atoms with Crippen LogP contribution in [0.2, 0.25) is 0 Å². The fourth-order valence-corrected chi connectivity index (χ4v) is 23.8. The summed E-state index contributed by atoms with van der Waals surface area (Å²) in [6.07, 6.45) is 6.94. The number of hydrogen-bond acceptors (Lipinski definition) is 4. The molecule has 0 atom stereocenters. The summed E-state index contributed by atoms with van der Waals surface area (Å²) in [5.74, 6) is 0. The van der Waals surface area contributed by atoms with E-state index in [1.807, 2.05) is 0 Å². The summed E-state index contributed by atoms with van der Waals surface area (Å²) in [7, 11) is -2.83.